The number of thioether (sulfide) groups is 1. The standard InChI is InChI=1S/C29H35ClFN7O2S/c1-17(32)5-3-6-18-11-22(26(31)23(30)12-18)24-13-20-15-38(29(39)37-27(20)36-24)21-8-7-19(25(14-21)41-2)16-40-10-4-9-35-28(33)34/h7-8,11-15,17H,3-6,9-10,16,32H2,1-2H3,(H4,33,34,35)(H,36,37,39). The van der Waals surface area contributed by atoms with Gasteiger partial charge in [0.1, 0.15) is 5.65 Å². The van der Waals surface area contributed by atoms with Gasteiger partial charge < -0.3 is 26.9 Å². The molecule has 0 radical (unpaired) electrons. The minimum Gasteiger partial charge on any atom is -0.377 e. The second-order valence-electron chi connectivity index (χ2n) is 9.90. The highest BCUT2D eigenvalue weighted by Gasteiger charge is 2.16. The van der Waals surface area contributed by atoms with Crippen molar-refractivity contribution in [2.45, 2.75) is 50.2 Å². The molecule has 0 saturated heterocycles. The van der Waals surface area contributed by atoms with Crippen LogP contribution in [0.5, 0.6) is 0 Å². The van der Waals surface area contributed by atoms with Crippen molar-refractivity contribution in [1.82, 2.24) is 14.5 Å². The predicted octanol–water partition coefficient (Wildman–Crippen LogP) is 4.75. The Morgan fingerprint density at radius 1 is 1.24 bits per heavy atom. The summed E-state index contributed by atoms with van der Waals surface area (Å²) in [5.74, 6) is -0.457. The number of aromatic nitrogens is 3. The molecule has 0 saturated carbocycles. The smallest absolute Gasteiger partial charge is 0.354 e. The zero-order valence-electron chi connectivity index (χ0n) is 23.1. The van der Waals surface area contributed by atoms with Gasteiger partial charge in [-0.3, -0.25) is 9.56 Å². The van der Waals surface area contributed by atoms with Gasteiger partial charge in [0, 0.05) is 41.2 Å². The Balaban J connectivity index is 1.57. The molecule has 41 heavy (non-hydrogen) atoms. The molecule has 0 aliphatic carbocycles. The molecule has 0 fully saturated rings. The number of aromatic amines is 1. The van der Waals surface area contributed by atoms with E-state index in [4.69, 9.17) is 33.5 Å². The number of aryl methyl sites for hydroxylation is 1. The Morgan fingerprint density at radius 2 is 2.05 bits per heavy atom. The van der Waals surface area contributed by atoms with Crippen LogP contribution in [0.1, 0.15) is 37.3 Å². The highest BCUT2D eigenvalue weighted by atomic mass is 35.5. The summed E-state index contributed by atoms with van der Waals surface area (Å²) in [6.07, 6.45) is 6.84. The topological polar surface area (TPSA) is 150 Å². The van der Waals surface area contributed by atoms with Gasteiger partial charge in [-0.25, -0.2) is 9.18 Å². The van der Waals surface area contributed by atoms with Crippen LogP contribution in [0.4, 0.5) is 4.39 Å². The van der Waals surface area contributed by atoms with Gasteiger partial charge in [-0.15, -0.1) is 11.8 Å². The lowest BCUT2D eigenvalue weighted by molar-refractivity contribution is 0.118. The van der Waals surface area contributed by atoms with E-state index in [0.29, 0.717) is 54.2 Å². The van der Waals surface area contributed by atoms with Crippen molar-refractivity contribution in [3.05, 3.63) is 75.0 Å². The molecule has 1 atom stereocenters. The number of hydrogen-bond donors (Lipinski definition) is 4. The minimum absolute atomic E-state index is 0.0481. The van der Waals surface area contributed by atoms with Gasteiger partial charge in [-0.1, -0.05) is 17.7 Å². The Labute approximate surface area is 247 Å². The molecule has 9 nitrogen and oxygen atoms in total. The zero-order chi connectivity index (χ0) is 29.5. The largest absolute Gasteiger partial charge is 0.377 e. The Morgan fingerprint density at radius 3 is 2.78 bits per heavy atom. The predicted molar refractivity (Wildman–Crippen MR) is 165 cm³/mol. The summed E-state index contributed by atoms with van der Waals surface area (Å²) < 4.78 is 22.3. The third-order valence-corrected chi connectivity index (χ3v) is 7.65. The Kier molecular flexibility index (Phi) is 10.4. The maximum Gasteiger partial charge on any atom is 0.354 e. The van der Waals surface area contributed by atoms with Crippen LogP contribution in [-0.4, -0.2) is 45.9 Å². The molecule has 218 valence electrons. The number of rotatable bonds is 13. The van der Waals surface area contributed by atoms with E-state index in [1.54, 1.807) is 36.2 Å². The number of nitrogens with one attached hydrogen (secondary N) is 1. The number of hydrogen-bond acceptors (Lipinski definition) is 6. The van der Waals surface area contributed by atoms with Crippen molar-refractivity contribution in [3.8, 4) is 16.9 Å². The van der Waals surface area contributed by atoms with E-state index in [1.807, 2.05) is 31.4 Å². The van der Waals surface area contributed by atoms with Gasteiger partial charge in [-0.05, 0) is 80.3 Å². The van der Waals surface area contributed by atoms with Crippen molar-refractivity contribution in [1.29, 1.82) is 0 Å². The van der Waals surface area contributed by atoms with Gasteiger partial charge in [0.05, 0.1) is 23.0 Å². The number of halogens is 2. The molecule has 12 heteroatoms. The summed E-state index contributed by atoms with van der Waals surface area (Å²) in [4.78, 5) is 25.2. The SMILES string of the molecule is CSc1cc(-n2cc3cc(-c4cc(CCCC(C)N)cc(Cl)c4F)[nH]c3nc2=O)ccc1COCCCN=C(N)N. The molecule has 0 spiro atoms. The summed E-state index contributed by atoms with van der Waals surface area (Å²) in [6.45, 7) is 3.41. The van der Waals surface area contributed by atoms with E-state index in [1.165, 1.54) is 4.57 Å². The maximum atomic E-state index is 15.1. The second kappa shape index (κ2) is 14.0. The number of fused-ring (bicyclic) bond motifs is 1. The highest BCUT2D eigenvalue weighted by molar-refractivity contribution is 7.98. The lowest BCUT2D eigenvalue weighted by atomic mass is 10.0. The van der Waals surface area contributed by atoms with Crippen LogP contribution >= 0.6 is 23.4 Å². The number of H-pyrrole nitrogens is 1. The van der Waals surface area contributed by atoms with Crippen molar-refractivity contribution >= 4 is 40.4 Å². The fraction of sp³-hybridized carbons (Fsp3) is 0.345. The first kappa shape index (κ1) is 30.6. The summed E-state index contributed by atoms with van der Waals surface area (Å²) in [5.41, 5.74) is 19.9. The van der Waals surface area contributed by atoms with Crippen LogP contribution in [0.25, 0.3) is 28.0 Å². The third kappa shape index (κ3) is 7.88. The van der Waals surface area contributed by atoms with E-state index in [0.717, 1.165) is 35.3 Å². The quantitative estimate of drug-likeness (QED) is 0.0749. The fourth-order valence-corrected chi connectivity index (χ4v) is 5.37. The van der Waals surface area contributed by atoms with E-state index in [9.17, 15) is 4.79 Å². The van der Waals surface area contributed by atoms with Gasteiger partial charge in [0.25, 0.3) is 0 Å². The first-order chi connectivity index (χ1) is 19.7. The number of guanidine groups is 1. The Hall–Kier alpha value is -3.38. The van der Waals surface area contributed by atoms with Crippen LogP contribution in [0.15, 0.2) is 57.3 Å². The Bertz CT molecular complexity index is 1600. The zero-order valence-corrected chi connectivity index (χ0v) is 24.7. The van der Waals surface area contributed by atoms with Gasteiger partial charge in [0.2, 0.25) is 0 Å². The molecular formula is C29H35ClFN7O2S. The lowest BCUT2D eigenvalue weighted by Crippen LogP contribution is -2.23. The van der Waals surface area contributed by atoms with Gasteiger partial charge >= 0.3 is 5.69 Å². The van der Waals surface area contributed by atoms with Gasteiger partial charge in [-0.2, -0.15) is 4.98 Å². The number of nitrogens with two attached hydrogens (primary N) is 3. The van der Waals surface area contributed by atoms with Crippen LogP contribution in [0.3, 0.4) is 0 Å². The van der Waals surface area contributed by atoms with Crippen molar-refractivity contribution in [2.24, 2.45) is 22.2 Å². The van der Waals surface area contributed by atoms with Crippen molar-refractivity contribution < 1.29 is 9.13 Å². The average Bonchev–Trinajstić information content (AvgIpc) is 3.34. The second-order valence-corrected chi connectivity index (χ2v) is 11.2. The normalized spacial score (nSPS) is 12.1. The summed E-state index contributed by atoms with van der Waals surface area (Å²) >= 11 is 7.80. The number of nitrogens with zero attached hydrogens (tertiary/aromatic N) is 3. The first-order valence-corrected chi connectivity index (χ1v) is 14.9. The fourth-order valence-electron chi connectivity index (χ4n) is 4.50. The minimum atomic E-state index is -0.525. The first-order valence-electron chi connectivity index (χ1n) is 13.3. The van der Waals surface area contributed by atoms with E-state index < -0.39 is 11.5 Å². The lowest BCUT2D eigenvalue weighted by Gasteiger charge is -2.12. The summed E-state index contributed by atoms with van der Waals surface area (Å²) in [6, 6.07) is 11.0. The number of aliphatic imine (C=N–C) groups is 1. The van der Waals surface area contributed by atoms with Crippen LogP contribution in [0.2, 0.25) is 5.02 Å². The van der Waals surface area contributed by atoms with E-state index >= 15 is 4.39 Å². The molecule has 7 N–H and O–H groups in total. The molecule has 2 aromatic carbocycles. The van der Waals surface area contributed by atoms with Crippen LogP contribution in [0, 0.1) is 5.82 Å². The number of benzene rings is 2. The van der Waals surface area contributed by atoms with Crippen molar-refractivity contribution in [3.63, 3.8) is 0 Å². The molecule has 2 aromatic heterocycles. The molecule has 0 bridgehead atoms. The molecule has 0 aliphatic rings. The van der Waals surface area contributed by atoms with Gasteiger partial charge in [0.15, 0.2) is 11.8 Å². The highest BCUT2D eigenvalue weighted by Crippen LogP contribution is 2.31. The summed E-state index contributed by atoms with van der Waals surface area (Å²) in [5, 5.41) is 0.711. The molecule has 0 aliphatic heterocycles. The third-order valence-electron chi connectivity index (χ3n) is 6.56. The van der Waals surface area contributed by atoms with Crippen LogP contribution in [-0.2, 0) is 17.8 Å². The number of ether oxygens (including phenoxy) is 1. The molecule has 2 heterocycles. The maximum absolute atomic E-state index is 15.1. The molecule has 0 amide bonds. The summed E-state index contributed by atoms with van der Waals surface area (Å²) in [7, 11) is 0. The monoisotopic (exact) mass is 599 g/mol. The molecule has 4 aromatic rings. The van der Waals surface area contributed by atoms with E-state index in [-0.39, 0.29) is 17.0 Å². The molecule has 4 rings (SSSR count). The average molecular weight is 600 g/mol. The molecular weight excluding hydrogens is 565 g/mol. The van der Waals surface area contributed by atoms with Crippen molar-refractivity contribution in [2.75, 3.05) is 19.4 Å². The molecule has 1 unspecified atom stereocenters. The van der Waals surface area contributed by atoms with E-state index in [2.05, 4.69) is 15.0 Å². The van der Waals surface area contributed by atoms with Crippen LogP contribution < -0.4 is 22.9 Å².